The van der Waals surface area contributed by atoms with Crippen molar-refractivity contribution in [3.63, 3.8) is 0 Å². The first-order chi connectivity index (χ1) is 9.54. The number of amides is 1. The Hall–Kier alpha value is -2.18. The molecule has 0 saturated heterocycles. The number of rotatable bonds is 5. The third-order valence-electron chi connectivity index (χ3n) is 3.51. The van der Waals surface area contributed by atoms with E-state index >= 15 is 0 Å². The second-order valence-corrected chi connectivity index (χ2v) is 4.91. The number of nitrogens with one attached hydrogen (secondary N) is 2. The highest BCUT2D eigenvalue weighted by molar-refractivity contribution is 5.95. The Bertz CT molecular complexity index is 586. The predicted molar refractivity (Wildman–Crippen MR) is 74.5 cm³/mol. The molecule has 2 N–H and O–H groups in total. The third kappa shape index (κ3) is 2.71. The fraction of sp³-hybridized carbons (Fsp3) is 0.538. The molecule has 2 aromatic rings. The number of aromatic amines is 1. The monoisotopic (exact) mass is 276 g/mol. The van der Waals surface area contributed by atoms with Crippen LogP contribution in [0.25, 0.3) is 0 Å². The Labute approximate surface area is 117 Å². The van der Waals surface area contributed by atoms with E-state index in [2.05, 4.69) is 37.4 Å². The number of carbonyl (C=O) groups excluding carboxylic acids is 1. The predicted octanol–water partition coefficient (Wildman–Crippen LogP) is 1.17. The molecule has 0 fully saturated rings. The lowest BCUT2D eigenvalue weighted by Crippen LogP contribution is -2.28. The van der Waals surface area contributed by atoms with E-state index in [1.54, 1.807) is 0 Å². The van der Waals surface area contributed by atoms with E-state index in [1.807, 2.05) is 26.8 Å². The minimum absolute atomic E-state index is 0.0207. The smallest absolute Gasteiger partial charge is 0.253 e. The second-order valence-electron chi connectivity index (χ2n) is 4.91. The summed E-state index contributed by atoms with van der Waals surface area (Å²) >= 11 is 0. The van der Waals surface area contributed by atoms with Crippen LogP contribution in [0.4, 0.5) is 0 Å². The molecule has 1 amide bonds. The van der Waals surface area contributed by atoms with Gasteiger partial charge in [-0.05, 0) is 26.8 Å². The van der Waals surface area contributed by atoms with Crippen LogP contribution in [0.1, 0.15) is 47.3 Å². The topological polar surface area (TPSA) is 88.5 Å². The molecule has 1 atom stereocenters. The van der Waals surface area contributed by atoms with Crippen molar-refractivity contribution in [1.82, 2.24) is 30.5 Å². The average molecular weight is 276 g/mol. The maximum absolute atomic E-state index is 12.2. The van der Waals surface area contributed by atoms with Crippen LogP contribution in [0.15, 0.2) is 6.07 Å². The molecule has 0 aliphatic carbocycles. The van der Waals surface area contributed by atoms with Crippen LogP contribution in [0.5, 0.6) is 0 Å². The van der Waals surface area contributed by atoms with Gasteiger partial charge in [0.25, 0.3) is 5.91 Å². The summed E-state index contributed by atoms with van der Waals surface area (Å²) in [5.74, 6) is 0.560. The normalized spacial score (nSPS) is 12.4. The van der Waals surface area contributed by atoms with Gasteiger partial charge in [-0.25, -0.2) is 0 Å². The number of hydrogen-bond acceptors (Lipinski definition) is 4. The number of tetrazole rings is 1. The van der Waals surface area contributed by atoms with Crippen LogP contribution < -0.4 is 5.32 Å². The van der Waals surface area contributed by atoms with E-state index in [4.69, 9.17) is 0 Å². The quantitative estimate of drug-likeness (QED) is 0.858. The first kappa shape index (κ1) is 14.2. The molecular formula is C13H20N6O. The molecule has 0 spiro atoms. The Morgan fingerprint density at radius 2 is 2.25 bits per heavy atom. The van der Waals surface area contributed by atoms with E-state index in [1.165, 1.54) is 0 Å². The van der Waals surface area contributed by atoms with Gasteiger partial charge in [0.05, 0.1) is 5.56 Å². The van der Waals surface area contributed by atoms with Crippen LogP contribution in [0, 0.1) is 13.8 Å². The van der Waals surface area contributed by atoms with Crippen LogP contribution >= 0.6 is 0 Å². The van der Waals surface area contributed by atoms with Gasteiger partial charge in [0.15, 0.2) is 5.82 Å². The zero-order valence-corrected chi connectivity index (χ0v) is 12.3. The molecular weight excluding hydrogens is 256 g/mol. The van der Waals surface area contributed by atoms with Gasteiger partial charge in [-0.3, -0.25) is 4.79 Å². The second kappa shape index (κ2) is 5.85. The first-order valence-corrected chi connectivity index (χ1v) is 6.72. The lowest BCUT2D eigenvalue weighted by molar-refractivity contribution is 0.0950. The summed E-state index contributed by atoms with van der Waals surface area (Å²) in [5, 5.41) is 16.7. The Morgan fingerprint density at radius 3 is 2.80 bits per heavy atom. The molecule has 20 heavy (non-hydrogen) atoms. The molecule has 0 radical (unpaired) electrons. The zero-order chi connectivity index (χ0) is 14.7. The van der Waals surface area contributed by atoms with Crippen LogP contribution in [0.2, 0.25) is 0 Å². The van der Waals surface area contributed by atoms with Gasteiger partial charge in [-0.2, -0.15) is 5.21 Å². The average Bonchev–Trinajstić information content (AvgIpc) is 3.04. The SMILES string of the molecule is CCn1c(C)cc(C(=O)NCC(C)c2nn[nH]n2)c1C. The fourth-order valence-corrected chi connectivity index (χ4v) is 2.33. The van der Waals surface area contributed by atoms with Gasteiger partial charge in [-0.15, -0.1) is 10.2 Å². The largest absolute Gasteiger partial charge is 0.351 e. The van der Waals surface area contributed by atoms with Gasteiger partial charge in [0, 0.05) is 30.4 Å². The van der Waals surface area contributed by atoms with Crippen molar-refractivity contribution in [3.05, 3.63) is 28.8 Å². The van der Waals surface area contributed by atoms with Gasteiger partial charge in [0.2, 0.25) is 0 Å². The minimum atomic E-state index is -0.0619. The van der Waals surface area contributed by atoms with Crippen LogP contribution in [-0.2, 0) is 6.54 Å². The highest BCUT2D eigenvalue weighted by Crippen LogP contribution is 2.15. The molecule has 0 aliphatic rings. The maximum Gasteiger partial charge on any atom is 0.253 e. The van der Waals surface area contributed by atoms with E-state index in [0.717, 1.165) is 23.5 Å². The van der Waals surface area contributed by atoms with Crippen LogP contribution in [-0.4, -0.2) is 37.6 Å². The summed E-state index contributed by atoms with van der Waals surface area (Å²) in [6.07, 6.45) is 0. The number of carbonyl (C=O) groups is 1. The van der Waals surface area contributed by atoms with Crippen molar-refractivity contribution in [3.8, 4) is 0 Å². The number of aryl methyl sites for hydroxylation is 1. The van der Waals surface area contributed by atoms with E-state index in [9.17, 15) is 4.79 Å². The fourth-order valence-electron chi connectivity index (χ4n) is 2.33. The van der Waals surface area contributed by atoms with E-state index < -0.39 is 0 Å². The molecule has 0 aromatic carbocycles. The molecule has 2 rings (SSSR count). The Kier molecular flexibility index (Phi) is 4.16. The number of hydrogen-bond donors (Lipinski definition) is 2. The standard InChI is InChI=1S/C13H20N6O/c1-5-19-9(3)6-11(10(19)4)13(20)14-7-8(2)12-15-17-18-16-12/h6,8H,5,7H2,1-4H3,(H,14,20)(H,15,16,17,18). The third-order valence-corrected chi connectivity index (χ3v) is 3.51. The van der Waals surface area contributed by atoms with Gasteiger partial charge in [0.1, 0.15) is 0 Å². The Balaban J connectivity index is 2.02. The van der Waals surface area contributed by atoms with Crippen molar-refractivity contribution >= 4 is 5.91 Å². The number of H-pyrrole nitrogens is 1. The molecule has 108 valence electrons. The van der Waals surface area contributed by atoms with Crippen LogP contribution in [0.3, 0.4) is 0 Å². The summed E-state index contributed by atoms with van der Waals surface area (Å²) in [6.45, 7) is 9.34. The summed E-state index contributed by atoms with van der Waals surface area (Å²) in [4.78, 5) is 12.2. The van der Waals surface area contributed by atoms with E-state index in [0.29, 0.717) is 12.4 Å². The summed E-state index contributed by atoms with van der Waals surface area (Å²) in [7, 11) is 0. The lowest BCUT2D eigenvalue weighted by atomic mass is 10.1. The van der Waals surface area contributed by atoms with Crippen molar-refractivity contribution in [1.29, 1.82) is 0 Å². The maximum atomic E-state index is 12.2. The lowest BCUT2D eigenvalue weighted by Gasteiger charge is -2.09. The molecule has 0 saturated carbocycles. The molecule has 0 bridgehead atoms. The van der Waals surface area contributed by atoms with Crippen molar-refractivity contribution in [2.45, 2.75) is 40.2 Å². The highest BCUT2D eigenvalue weighted by atomic mass is 16.1. The molecule has 7 heteroatoms. The number of nitrogens with zero attached hydrogens (tertiary/aromatic N) is 4. The van der Waals surface area contributed by atoms with Gasteiger partial charge >= 0.3 is 0 Å². The Morgan fingerprint density at radius 1 is 1.50 bits per heavy atom. The summed E-state index contributed by atoms with van der Waals surface area (Å²) in [6, 6.07) is 1.92. The van der Waals surface area contributed by atoms with E-state index in [-0.39, 0.29) is 11.8 Å². The molecule has 2 aromatic heterocycles. The van der Waals surface area contributed by atoms with Crippen molar-refractivity contribution in [2.24, 2.45) is 0 Å². The molecule has 1 unspecified atom stereocenters. The van der Waals surface area contributed by atoms with Gasteiger partial charge in [-0.1, -0.05) is 12.1 Å². The summed E-state index contributed by atoms with van der Waals surface area (Å²) in [5.41, 5.74) is 2.82. The zero-order valence-electron chi connectivity index (χ0n) is 12.3. The van der Waals surface area contributed by atoms with Crippen molar-refractivity contribution < 1.29 is 4.79 Å². The summed E-state index contributed by atoms with van der Waals surface area (Å²) < 4.78 is 2.12. The number of aromatic nitrogens is 5. The highest BCUT2D eigenvalue weighted by Gasteiger charge is 2.17. The van der Waals surface area contributed by atoms with Crippen molar-refractivity contribution in [2.75, 3.05) is 6.54 Å². The molecule has 7 nitrogen and oxygen atoms in total. The molecule has 0 aliphatic heterocycles. The van der Waals surface area contributed by atoms with Gasteiger partial charge < -0.3 is 9.88 Å². The molecule has 2 heterocycles. The first-order valence-electron chi connectivity index (χ1n) is 6.72. The minimum Gasteiger partial charge on any atom is -0.351 e.